The van der Waals surface area contributed by atoms with Gasteiger partial charge in [-0.05, 0) is 61.9 Å². The lowest BCUT2D eigenvalue weighted by Crippen LogP contribution is -2.09. The Kier molecular flexibility index (Phi) is 7.09. The molecule has 0 fully saturated rings. The van der Waals surface area contributed by atoms with Crippen molar-refractivity contribution in [1.29, 1.82) is 0 Å². The molecule has 0 atom stereocenters. The number of carbonyl (C=O) groups excluding carboxylic acids is 1. The van der Waals surface area contributed by atoms with Crippen LogP contribution in [0.2, 0.25) is 0 Å². The van der Waals surface area contributed by atoms with Gasteiger partial charge in [0.25, 0.3) is 0 Å². The van der Waals surface area contributed by atoms with Crippen LogP contribution >= 0.6 is 0 Å². The van der Waals surface area contributed by atoms with E-state index in [1.54, 1.807) is 14.0 Å². The maximum Gasteiger partial charge on any atom is 0.333 e. The summed E-state index contributed by atoms with van der Waals surface area (Å²) in [5.74, 6) is 2.65. The van der Waals surface area contributed by atoms with Crippen molar-refractivity contribution in [2.45, 2.75) is 20.3 Å². The van der Waals surface area contributed by atoms with E-state index in [1.165, 1.54) is 0 Å². The van der Waals surface area contributed by atoms with E-state index < -0.39 is 0 Å². The molecule has 138 valence electrons. The van der Waals surface area contributed by atoms with Crippen LogP contribution in [0.5, 0.6) is 23.0 Å². The summed E-state index contributed by atoms with van der Waals surface area (Å²) in [4.78, 5) is 11.2. The zero-order chi connectivity index (χ0) is 18.9. The molecule has 0 saturated carbocycles. The van der Waals surface area contributed by atoms with Crippen LogP contribution in [-0.4, -0.2) is 26.3 Å². The van der Waals surface area contributed by atoms with Crippen molar-refractivity contribution < 1.29 is 23.7 Å². The van der Waals surface area contributed by atoms with Gasteiger partial charge in [0.2, 0.25) is 0 Å². The number of benzene rings is 2. The van der Waals surface area contributed by atoms with Gasteiger partial charge in [-0.2, -0.15) is 0 Å². The zero-order valence-electron chi connectivity index (χ0n) is 15.4. The van der Waals surface area contributed by atoms with Crippen molar-refractivity contribution in [1.82, 2.24) is 0 Å². The predicted octanol–water partition coefficient (Wildman–Crippen LogP) is 4.68. The van der Waals surface area contributed by atoms with E-state index in [-0.39, 0.29) is 5.97 Å². The van der Waals surface area contributed by atoms with Gasteiger partial charge in [0.15, 0.2) is 0 Å². The Balaban J connectivity index is 1.78. The van der Waals surface area contributed by atoms with Crippen LogP contribution in [-0.2, 0) is 9.53 Å². The van der Waals surface area contributed by atoms with E-state index >= 15 is 0 Å². The van der Waals surface area contributed by atoms with Gasteiger partial charge >= 0.3 is 5.97 Å². The Labute approximate surface area is 154 Å². The third-order valence-corrected chi connectivity index (χ3v) is 3.56. The summed E-state index contributed by atoms with van der Waals surface area (Å²) in [6.07, 6.45) is 0.613. The second-order valence-corrected chi connectivity index (χ2v) is 5.82. The fourth-order valence-electron chi connectivity index (χ4n) is 2.19. The summed E-state index contributed by atoms with van der Waals surface area (Å²) in [7, 11) is 1.64. The number of hydrogen-bond acceptors (Lipinski definition) is 5. The molecule has 5 heteroatoms. The van der Waals surface area contributed by atoms with E-state index in [2.05, 4.69) is 6.58 Å². The highest BCUT2D eigenvalue weighted by molar-refractivity contribution is 5.86. The molecule has 2 aromatic rings. The van der Waals surface area contributed by atoms with E-state index in [9.17, 15) is 4.79 Å². The minimum absolute atomic E-state index is 0.309. The van der Waals surface area contributed by atoms with Gasteiger partial charge in [0.1, 0.15) is 23.0 Å². The highest BCUT2D eigenvalue weighted by atomic mass is 16.5. The van der Waals surface area contributed by atoms with Crippen molar-refractivity contribution in [2.24, 2.45) is 0 Å². The average molecular weight is 356 g/mol. The molecule has 0 bridgehead atoms. The monoisotopic (exact) mass is 356 g/mol. The summed E-state index contributed by atoms with van der Waals surface area (Å²) < 4.78 is 21.7. The predicted molar refractivity (Wildman–Crippen MR) is 100 cm³/mol. The normalized spacial score (nSPS) is 10.1. The molecule has 0 amide bonds. The maximum absolute atomic E-state index is 11.2. The molecule has 0 radical (unpaired) electrons. The van der Waals surface area contributed by atoms with Gasteiger partial charge in [-0.1, -0.05) is 6.58 Å². The largest absolute Gasteiger partial charge is 0.496 e. The molecule has 0 aliphatic rings. The van der Waals surface area contributed by atoms with Crippen LogP contribution in [0.4, 0.5) is 0 Å². The van der Waals surface area contributed by atoms with Crippen molar-refractivity contribution in [2.75, 3.05) is 20.3 Å². The smallest absolute Gasteiger partial charge is 0.333 e. The lowest BCUT2D eigenvalue weighted by Gasteiger charge is -2.10. The first kappa shape index (κ1) is 19.4. The number of esters is 1. The summed E-state index contributed by atoms with van der Waals surface area (Å²) in [6.45, 7) is 7.89. The number of carbonyl (C=O) groups is 1. The van der Waals surface area contributed by atoms with Crippen LogP contribution in [0.3, 0.4) is 0 Å². The fraction of sp³-hybridized carbons (Fsp3) is 0.286. The summed E-state index contributed by atoms with van der Waals surface area (Å²) in [5, 5.41) is 0. The van der Waals surface area contributed by atoms with Gasteiger partial charge < -0.3 is 18.9 Å². The SMILES string of the molecule is C=C(C)C(=O)OCCCOc1ccc(Oc2ccc(OC)c(C)c2)cc1. The lowest BCUT2D eigenvalue weighted by molar-refractivity contribution is -0.139. The lowest BCUT2D eigenvalue weighted by atomic mass is 10.2. The Morgan fingerprint density at radius 1 is 1.00 bits per heavy atom. The highest BCUT2D eigenvalue weighted by Gasteiger charge is 2.04. The molecule has 2 aromatic carbocycles. The molecule has 2 rings (SSSR count). The minimum atomic E-state index is -0.375. The molecule has 0 unspecified atom stereocenters. The molecule has 0 heterocycles. The number of hydrogen-bond donors (Lipinski definition) is 0. The number of rotatable bonds is 9. The van der Waals surface area contributed by atoms with E-state index in [0.717, 1.165) is 28.6 Å². The molecule has 5 nitrogen and oxygen atoms in total. The summed E-state index contributed by atoms with van der Waals surface area (Å²) >= 11 is 0. The molecule has 0 saturated heterocycles. The van der Waals surface area contributed by atoms with Crippen molar-refractivity contribution in [3.05, 3.63) is 60.2 Å². The van der Waals surface area contributed by atoms with E-state index in [1.807, 2.05) is 49.4 Å². The van der Waals surface area contributed by atoms with Crippen LogP contribution < -0.4 is 14.2 Å². The zero-order valence-corrected chi connectivity index (χ0v) is 15.4. The Morgan fingerprint density at radius 2 is 1.65 bits per heavy atom. The van der Waals surface area contributed by atoms with Gasteiger partial charge in [-0.15, -0.1) is 0 Å². The molecular weight excluding hydrogens is 332 g/mol. The van der Waals surface area contributed by atoms with Crippen molar-refractivity contribution in [3.8, 4) is 23.0 Å². The van der Waals surface area contributed by atoms with Crippen molar-refractivity contribution >= 4 is 5.97 Å². The summed E-state index contributed by atoms with van der Waals surface area (Å²) in [6, 6.07) is 13.0. The third-order valence-electron chi connectivity index (χ3n) is 3.56. The highest BCUT2D eigenvalue weighted by Crippen LogP contribution is 2.28. The minimum Gasteiger partial charge on any atom is -0.496 e. The summed E-state index contributed by atoms with van der Waals surface area (Å²) in [5.41, 5.74) is 1.41. The molecule has 0 aliphatic heterocycles. The van der Waals surface area contributed by atoms with Crippen LogP contribution in [0.1, 0.15) is 18.9 Å². The van der Waals surface area contributed by atoms with E-state index in [4.69, 9.17) is 18.9 Å². The number of aryl methyl sites for hydroxylation is 1. The quantitative estimate of drug-likeness (QED) is 0.371. The average Bonchev–Trinajstić information content (AvgIpc) is 2.62. The Bertz CT molecular complexity index is 749. The van der Waals surface area contributed by atoms with Gasteiger partial charge in [-0.25, -0.2) is 4.79 Å². The van der Waals surface area contributed by atoms with E-state index in [0.29, 0.717) is 25.2 Å². The molecule has 0 aromatic heterocycles. The first-order valence-corrected chi connectivity index (χ1v) is 8.37. The van der Waals surface area contributed by atoms with Gasteiger partial charge in [0, 0.05) is 12.0 Å². The van der Waals surface area contributed by atoms with Gasteiger partial charge in [-0.3, -0.25) is 0 Å². The maximum atomic E-state index is 11.2. The third kappa shape index (κ3) is 5.84. The molecule has 0 spiro atoms. The molecule has 26 heavy (non-hydrogen) atoms. The second kappa shape index (κ2) is 9.51. The number of ether oxygens (including phenoxy) is 4. The molecule has 0 N–H and O–H groups in total. The van der Waals surface area contributed by atoms with Crippen LogP contribution in [0.15, 0.2) is 54.6 Å². The Morgan fingerprint density at radius 3 is 2.27 bits per heavy atom. The van der Waals surface area contributed by atoms with Crippen LogP contribution in [0.25, 0.3) is 0 Å². The second-order valence-electron chi connectivity index (χ2n) is 5.82. The topological polar surface area (TPSA) is 54.0 Å². The fourth-order valence-corrected chi connectivity index (χ4v) is 2.19. The standard InChI is InChI=1S/C21H24O5/c1-15(2)21(22)25-13-5-12-24-17-6-8-18(9-7-17)26-19-10-11-20(23-4)16(3)14-19/h6-11,14H,1,5,12-13H2,2-4H3. The molecule has 0 aliphatic carbocycles. The van der Waals surface area contributed by atoms with Gasteiger partial charge in [0.05, 0.1) is 20.3 Å². The molecular formula is C21H24O5. The first-order valence-electron chi connectivity index (χ1n) is 8.37. The first-order chi connectivity index (χ1) is 12.5. The Hall–Kier alpha value is -2.95. The number of methoxy groups -OCH3 is 1. The van der Waals surface area contributed by atoms with Crippen molar-refractivity contribution in [3.63, 3.8) is 0 Å². The van der Waals surface area contributed by atoms with Crippen LogP contribution in [0, 0.1) is 6.92 Å².